The first-order chi connectivity index (χ1) is 12.4. The van der Waals surface area contributed by atoms with E-state index in [9.17, 15) is 9.90 Å². The van der Waals surface area contributed by atoms with Gasteiger partial charge in [-0.1, -0.05) is 0 Å². The quantitative estimate of drug-likeness (QED) is 0.721. The Morgan fingerprint density at radius 2 is 2.12 bits per heavy atom. The lowest BCUT2D eigenvalue weighted by Gasteiger charge is -2.27. The molecule has 1 fully saturated rings. The summed E-state index contributed by atoms with van der Waals surface area (Å²) in [6.07, 6.45) is 5.10. The van der Waals surface area contributed by atoms with Crippen molar-refractivity contribution in [2.75, 3.05) is 25.1 Å². The average molecular weight is 361 g/mol. The molecule has 1 aliphatic rings. The molecule has 0 aromatic carbocycles. The van der Waals surface area contributed by atoms with Gasteiger partial charge in [-0.3, -0.25) is 4.79 Å². The first-order valence-electron chi connectivity index (χ1n) is 9.07. The van der Waals surface area contributed by atoms with Crippen LogP contribution < -0.4 is 10.6 Å². The molecule has 2 aromatic rings. The summed E-state index contributed by atoms with van der Waals surface area (Å²) < 4.78 is 7.24. The second-order valence-corrected chi connectivity index (χ2v) is 7.27. The molecule has 0 atom stereocenters. The van der Waals surface area contributed by atoms with Gasteiger partial charge in [0.15, 0.2) is 5.65 Å². The van der Waals surface area contributed by atoms with Gasteiger partial charge in [0, 0.05) is 32.0 Å². The number of fused-ring (bicyclic) bond motifs is 1. The van der Waals surface area contributed by atoms with Gasteiger partial charge in [-0.15, -0.1) is 0 Å². The number of hydrogen-bond donors (Lipinski definition) is 3. The highest BCUT2D eigenvalue weighted by atomic mass is 16.5. The van der Waals surface area contributed by atoms with E-state index in [4.69, 9.17) is 4.74 Å². The lowest BCUT2D eigenvalue weighted by molar-refractivity contribution is 0.0868. The summed E-state index contributed by atoms with van der Waals surface area (Å²) in [6, 6.07) is 0.233. The smallest absolute Gasteiger partial charge is 0.255 e. The molecule has 1 amide bonds. The van der Waals surface area contributed by atoms with Crippen molar-refractivity contribution in [2.24, 2.45) is 0 Å². The molecule has 3 rings (SSSR count). The summed E-state index contributed by atoms with van der Waals surface area (Å²) in [4.78, 5) is 17.3. The van der Waals surface area contributed by atoms with Gasteiger partial charge in [-0.2, -0.15) is 5.10 Å². The van der Waals surface area contributed by atoms with Crippen molar-refractivity contribution in [1.29, 1.82) is 0 Å². The summed E-state index contributed by atoms with van der Waals surface area (Å²) >= 11 is 0. The molecule has 0 bridgehead atoms. The van der Waals surface area contributed by atoms with Crippen LogP contribution in [0.2, 0.25) is 0 Å². The number of aliphatic hydroxyl groups is 1. The topological polar surface area (TPSA) is 101 Å². The summed E-state index contributed by atoms with van der Waals surface area (Å²) in [5, 5.41) is 21.0. The van der Waals surface area contributed by atoms with E-state index in [1.54, 1.807) is 26.2 Å². The SMILES string of the molecule is CCn1ncc2c(NC3CCOCC3)c(C(=O)NC(C)(C)CO)cnc21. The zero-order valence-electron chi connectivity index (χ0n) is 15.6. The third-order valence-electron chi connectivity index (χ3n) is 4.63. The summed E-state index contributed by atoms with van der Waals surface area (Å²) in [7, 11) is 0. The minimum atomic E-state index is -0.713. The van der Waals surface area contributed by atoms with Gasteiger partial charge in [-0.25, -0.2) is 9.67 Å². The van der Waals surface area contributed by atoms with E-state index in [0.29, 0.717) is 25.3 Å². The largest absolute Gasteiger partial charge is 0.394 e. The number of anilines is 1. The van der Waals surface area contributed by atoms with Crippen molar-refractivity contribution >= 4 is 22.6 Å². The first-order valence-corrected chi connectivity index (χ1v) is 9.07. The molecule has 0 spiro atoms. The molecule has 0 saturated carbocycles. The predicted octanol–water partition coefficient (Wildman–Crippen LogP) is 1.54. The number of nitrogens with one attached hydrogen (secondary N) is 2. The maximum atomic E-state index is 12.8. The minimum absolute atomic E-state index is 0.148. The Morgan fingerprint density at radius 3 is 2.77 bits per heavy atom. The summed E-state index contributed by atoms with van der Waals surface area (Å²) in [6.45, 7) is 7.53. The first kappa shape index (κ1) is 18.6. The molecule has 1 saturated heterocycles. The van der Waals surface area contributed by atoms with E-state index >= 15 is 0 Å². The van der Waals surface area contributed by atoms with Gasteiger partial charge in [0.05, 0.1) is 35.0 Å². The fraction of sp³-hybridized carbons (Fsp3) is 0.611. The Labute approximate surface area is 152 Å². The molecule has 2 aromatic heterocycles. The Hall–Kier alpha value is -2.19. The second kappa shape index (κ2) is 7.59. The van der Waals surface area contributed by atoms with E-state index in [1.165, 1.54) is 0 Å². The number of ether oxygens (including phenoxy) is 1. The number of pyridine rings is 1. The number of carbonyl (C=O) groups is 1. The van der Waals surface area contributed by atoms with Crippen LogP contribution in [-0.2, 0) is 11.3 Å². The van der Waals surface area contributed by atoms with Gasteiger partial charge in [0.2, 0.25) is 0 Å². The molecule has 0 radical (unpaired) electrons. The molecule has 0 aliphatic carbocycles. The molecule has 26 heavy (non-hydrogen) atoms. The Kier molecular flexibility index (Phi) is 5.43. The fourth-order valence-electron chi connectivity index (χ4n) is 3.05. The highest BCUT2D eigenvalue weighted by Crippen LogP contribution is 2.28. The zero-order valence-corrected chi connectivity index (χ0v) is 15.6. The van der Waals surface area contributed by atoms with Gasteiger partial charge in [0.1, 0.15) is 0 Å². The van der Waals surface area contributed by atoms with Crippen molar-refractivity contribution in [3.63, 3.8) is 0 Å². The molecule has 0 unspecified atom stereocenters. The third kappa shape index (κ3) is 3.81. The van der Waals surface area contributed by atoms with Crippen LogP contribution in [0.4, 0.5) is 5.69 Å². The lowest BCUT2D eigenvalue weighted by Crippen LogP contribution is -2.46. The van der Waals surface area contributed by atoms with Gasteiger partial charge >= 0.3 is 0 Å². The third-order valence-corrected chi connectivity index (χ3v) is 4.63. The summed E-state index contributed by atoms with van der Waals surface area (Å²) in [5.41, 5.74) is 1.24. The van der Waals surface area contributed by atoms with E-state index in [0.717, 1.165) is 29.6 Å². The molecule has 142 valence electrons. The van der Waals surface area contributed by atoms with Crippen LogP contribution in [0.3, 0.4) is 0 Å². The van der Waals surface area contributed by atoms with Gasteiger partial charge in [-0.05, 0) is 33.6 Å². The molecular formula is C18H27N5O3. The number of aromatic nitrogens is 3. The number of hydrogen-bond acceptors (Lipinski definition) is 6. The predicted molar refractivity (Wildman–Crippen MR) is 99.3 cm³/mol. The van der Waals surface area contributed by atoms with E-state index in [2.05, 4.69) is 20.7 Å². The highest BCUT2D eigenvalue weighted by molar-refractivity contribution is 6.06. The van der Waals surface area contributed by atoms with Crippen molar-refractivity contribution in [3.8, 4) is 0 Å². The maximum absolute atomic E-state index is 12.8. The lowest BCUT2D eigenvalue weighted by atomic mass is 10.0. The van der Waals surface area contributed by atoms with Crippen LogP contribution in [-0.4, -0.2) is 57.2 Å². The fourth-order valence-corrected chi connectivity index (χ4v) is 3.05. The number of carbonyl (C=O) groups excluding carboxylic acids is 1. The standard InChI is InChI=1S/C18H27N5O3/c1-4-23-16-13(10-20-23)15(21-12-5-7-26-8-6-12)14(9-19-16)17(25)22-18(2,3)11-24/h9-10,12,24H,4-8,11H2,1-3H3,(H,19,21)(H,22,25). The van der Waals surface area contributed by atoms with E-state index in [-0.39, 0.29) is 18.6 Å². The van der Waals surface area contributed by atoms with Crippen LogP contribution in [0.25, 0.3) is 11.0 Å². The monoisotopic (exact) mass is 361 g/mol. The van der Waals surface area contributed by atoms with Crippen LogP contribution in [0.1, 0.15) is 44.0 Å². The minimum Gasteiger partial charge on any atom is -0.394 e. The maximum Gasteiger partial charge on any atom is 0.255 e. The molecule has 1 aliphatic heterocycles. The number of nitrogens with zero attached hydrogens (tertiary/aromatic N) is 3. The van der Waals surface area contributed by atoms with Gasteiger partial charge < -0.3 is 20.5 Å². The van der Waals surface area contributed by atoms with Crippen LogP contribution in [0.15, 0.2) is 12.4 Å². The Morgan fingerprint density at radius 1 is 1.38 bits per heavy atom. The van der Waals surface area contributed by atoms with Crippen molar-refractivity contribution in [2.45, 2.75) is 51.7 Å². The Balaban J connectivity index is 2.00. The van der Waals surface area contributed by atoms with Crippen LogP contribution >= 0.6 is 0 Å². The van der Waals surface area contributed by atoms with Crippen molar-refractivity contribution in [3.05, 3.63) is 18.0 Å². The van der Waals surface area contributed by atoms with E-state index in [1.807, 2.05) is 11.6 Å². The van der Waals surface area contributed by atoms with Crippen molar-refractivity contribution in [1.82, 2.24) is 20.1 Å². The van der Waals surface area contributed by atoms with Crippen LogP contribution in [0.5, 0.6) is 0 Å². The van der Waals surface area contributed by atoms with Crippen molar-refractivity contribution < 1.29 is 14.6 Å². The molecule has 8 nitrogen and oxygen atoms in total. The number of rotatable bonds is 6. The zero-order chi connectivity index (χ0) is 18.7. The Bertz CT molecular complexity index is 780. The van der Waals surface area contributed by atoms with Crippen LogP contribution in [0, 0.1) is 0 Å². The summed E-state index contributed by atoms with van der Waals surface area (Å²) in [5.74, 6) is -0.266. The highest BCUT2D eigenvalue weighted by Gasteiger charge is 2.25. The molecule has 8 heteroatoms. The normalized spacial score (nSPS) is 16.0. The van der Waals surface area contributed by atoms with E-state index < -0.39 is 5.54 Å². The second-order valence-electron chi connectivity index (χ2n) is 7.27. The molecule has 3 heterocycles. The number of aliphatic hydroxyl groups excluding tert-OH is 1. The average Bonchev–Trinajstić information content (AvgIpc) is 3.06. The molecular weight excluding hydrogens is 334 g/mol. The number of amides is 1. The molecule has 3 N–H and O–H groups in total. The van der Waals surface area contributed by atoms with Gasteiger partial charge in [0.25, 0.3) is 5.91 Å². The number of aryl methyl sites for hydroxylation is 1.